The molecule has 2 bridgehead atoms. The summed E-state index contributed by atoms with van der Waals surface area (Å²) in [7, 11) is 0. The zero-order valence-corrected chi connectivity index (χ0v) is 30.0. The topological polar surface area (TPSA) is 129 Å². The number of nitrogens with zero attached hydrogens (tertiary/aromatic N) is 3. The van der Waals surface area contributed by atoms with Gasteiger partial charge in [-0.15, -0.1) is 13.2 Å². The molecule has 51 heavy (non-hydrogen) atoms. The number of amides is 3. The van der Waals surface area contributed by atoms with Gasteiger partial charge in [0.2, 0.25) is 11.8 Å². The summed E-state index contributed by atoms with van der Waals surface area (Å²) >= 11 is 0. The number of benzene rings is 2. The molecule has 3 fully saturated rings. The Balaban J connectivity index is 1.46. The maximum absolute atomic E-state index is 14.8. The number of ether oxygens (including phenoxy) is 2. The number of hydrogen-bond donors (Lipinski definition) is 2. The van der Waals surface area contributed by atoms with Gasteiger partial charge in [0, 0.05) is 50.6 Å². The van der Waals surface area contributed by atoms with Crippen molar-refractivity contribution in [1.29, 1.82) is 0 Å². The molecule has 2 aromatic carbocycles. The Morgan fingerprint density at radius 2 is 1.76 bits per heavy atom. The molecule has 0 unspecified atom stereocenters. The molecule has 3 heterocycles. The predicted molar refractivity (Wildman–Crippen MR) is 196 cm³/mol. The second-order valence-corrected chi connectivity index (χ2v) is 13.5. The van der Waals surface area contributed by atoms with Gasteiger partial charge in [-0.1, -0.05) is 42.5 Å². The van der Waals surface area contributed by atoms with Gasteiger partial charge < -0.3 is 34.6 Å². The summed E-state index contributed by atoms with van der Waals surface area (Å²) in [5, 5.41) is 12.7. The number of hydrogen-bond acceptors (Lipinski definition) is 8. The van der Waals surface area contributed by atoms with Crippen molar-refractivity contribution in [2.45, 2.75) is 82.8 Å². The minimum atomic E-state index is -1.24. The van der Waals surface area contributed by atoms with E-state index in [-0.39, 0.29) is 50.3 Å². The zero-order valence-electron chi connectivity index (χ0n) is 30.0. The molecule has 5 rings (SSSR count). The van der Waals surface area contributed by atoms with Crippen molar-refractivity contribution in [2.24, 2.45) is 11.8 Å². The molecule has 2 aromatic rings. The molecule has 7 atom stereocenters. The molecular formula is C40H52N4O7. The molecule has 11 nitrogen and oxygen atoms in total. The van der Waals surface area contributed by atoms with E-state index < -0.39 is 47.7 Å². The molecule has 0 saturated carbocycles. The summed E-state index contributed by atoms with van der Waals surface area (Å²) in [5.41, 5.74) is 1.14. The van der Waals surface area contributed by atoms with E-state index in [9.17, 15) is 24.3 Å². The first-order valence-corrected chi connectivity index (χ1v) is 18.2. The van der Waals surface area contributed by atoms with Crippen LogP contribution in [0.15, 0.2) is 79.9 Å². The average Bonchev–Trinajstić information content (AvgIpc) is 3.79. The molecule has 3 aliphatic rings. The molecule has 0 aromatic heterocycles. The first-order chi connectivity index (χ1) is 24.6. The van der Waals surface area contributed by atoms with Crippen molar-refractivity contribution in [3.8, 4) is 0 Å². The van der Waals surface area contributed by atoms with E-state index in [1.807, 2.05) is 54.6 Å². The highest BCUT2D eigenvalue weighted by atomic mass is 16.6. The molecule has 2 N–H and O–H groups in total. The molecule has 3 saturated heterocycles. The van der Waals surface area contributed by atoms with Gasteiger partial charge in [0.15, 0.2) is 0 Å². The van der Waals surface area contributed by atoms with Gasteiger partial charge in [0.25, 0.3) is 5.91 Å². The average molecular weight is 701 g/mol. The van der Waals surface area contributed by atoms with Crippen molar-refractivity contribution in [3.63, 3.8) is 0 Å². The molecule has 0 aliphatic carbocycles. The maximum Gasteiger partial charge on any atom is 0.313 e. The number of carbonyl (C=O) groups excluding carboxylic acids is 4. The lowest BCUT2D eigenvalue weighted by molar-refractivity contribution is -0.162. The van der Waals surface area contributed by atoms with E-state index in [2.05, 4.69) is 37.2 Å². The Kier molecular flexibility index (Phi) is 12.4. The number of likely N-dealkylation sites (tertiary alicyclic amines) is 1. The van der Waals surface area contributed by atoms with Crippen LogP contribution >= 0.6 is 0 Å². The maximum atomic E-state index is 14.8. The molecule has 11 heteroatoms. The van der Waals surface area contributed by atoms with Crippen molar-refractivity contribution >= 4 is 35.1 Å². The fourth-order valence-corrected chi connectivity index (χ4v) is 8.15. The zero-order chi connectivity index (χ0) is 36.7. The van der Waals surface area contributed by atoms with Crippen LogP contribution in [-0.4, -0.2) is 90.3 Å². The fraction of sp³-hybridized carbons (Fsp3) is 0.500. The summed E-state index contributed by atoms with van der Waals surface area (Å²) in [4.78, 5) is 61.5. The van der Waals surface area contributed by atoms with Gasteiger partial charge in [0.1, 0.15) is 17.7 Å². The molecule has 3 amide bonds. The van der Waals surface area contributed by atoms with Crippen LogP contribution < -0.4 is 15.1 Å². The molecule has 274 valence electrons. The third kappa shape index (κ3) is 7.46. The number of allylic oxidation sites excluding steroid dienone is 1. The third-order valence-corrected chi connectivity index (χ3v) is 10.5. The summed E-state index contributed by atoms with van der Waals surface area (Å²) < 4.78 is 12.9. The van der Waals surface area contributed by atoms with Crippen LogP contribution in [-0.2, 0) is 28.7 Å². The van der Waals surface area contributed by atoms with Crippen molar-refractivity contribution in [1.82, 2.24) is 10.2 Å². The van der Waals surface area contributed by atoms with Gasteiger partial charge in [-0.2, -0.15) is 0 Å². The quantitative estimate of drug-likeness (QED) is 0.171. The predicted octanol–water partition coefficient (Wildman–Crippen LogP) is 4.56. The second-order valence-electron chi connectivity index (χ2n) is 13.5. The van der Waals surface area contributed by atoms with Crippen LogP contribution in [0.5, 0.6) is 0 Å². The third-order valence-electron chi connectivity index (χ3n) is 10.5. The molecular weight excluding hydrogens is 648 g/mol. The Labute approximate surface area is 301 Å². The monoisotopic (exact) mass is 700 g/mol. The van der Waals surface area contributed by atoms with Gasteiger partial charge in [0.05, 0.1) is 24.0 Å². The number of rotatable bonds is 18. The lowest BCUT2D eigenvalue weighted by Crippen LogP contribution is -2.56. The van der Waals surface area contributed by atoms with E-state index in [0.29, 0.717) is 30.5 Å². The normalized spacial score (nSPS) is 24.4. The van der Waals surface area contributed by atoms with Crippen molar-refractivity contribution in [3.05, 3.63) is 85.5 Å². The lowest BCUT2D eigenvalue weighted by atomic mass is 9.70. The van der Waals surface area contributed by atoms with Crippen molar-refractivity contribution < 1.29 is 33.8 Å². The minimum absolute atomic E-state index is 0.128. The highest BCUT2D eigenvalue weighted by molar-refractivity contribution is 6.04. The highest BCUT2D eigenvalue weighted by Crippen LogP contribution is 2.59. The Morgan fingerprint density at radius 1 is 1.08 bits per heavy atom. The number of nitrogens with one attached hydrogen (secondary N) is 1. The number of aliphatic hydroxyl groups is 1. The minimum Gasteiger partial charge on any atom is -0.455 e. The lowest BCUT2D eigenvalue weighted by Gasteiger charge is -2.37. The van der Waals surface area contributed by atoms with Crippen LogP contribution in [0, 0.1) is 11.8 Å². The van der Waals surface area contributed by atoms with Crippen LogP contribution in [0.4, 0.5) is 11.4 Å². The van der Waals surface area contributed by atoms with Gasteiger partial charge in [-0.3, -0.25) is 19.2 Å². The Hall–Kier alpha value is -4.48. The fourth-order valence-electron chi connectivity index (χ4n) is 8.15. The van der Waals surface area contributed by atoms with Gasteiger partial charge in [-0.05, 0) is 76.3 Å². The standard InChI is InChI=1S/C40H52N4O7/c1-6-10-17-32(46)41-27(5)35(28-15-12-11-13-16-28)50-39(49)33-31-22-23-40(51-31)34(33)37(47)44(25-14-26-45)36(40)38(48)43(24-7-2)30-20-18-29(19-21-30)42(8-3)9-4/h6-7,11-13,15-16,18-21,27,31,33-36,45H,1-2,8-10,14,17,22-26H2,3-5H3,(H,41,46)/t27-,31-,33+,34+,35-,36-,40+/m0/s1. The SMILES string of the molecule is C=CCCC(=O)N[C@@H](C)[C@H](OC(=O)[C@@H]1[C@@H]2CC[C@]3(O2)[C@H](C(=O)N(CC=C)c2ccc(N(CC)CC)cc2)N(CCCO)C(=O)[C@@H]13)c1ccccc1. The number of anilines is 2. The van der Waals surface area contributed by atoms with Crippen molar-refractivity contribution in [2.75, 3.05) is 42.6 Å². The summed E-state index contributed by atoms with van der Waals surface area (Å²) in [6, 6.07) is 15.3. The number of esters is 1. The number of fused-ring (bicyclic) bond motifs is 1. The molecule has 1 spiro atoms. The van der Waals surface area contributed by atoms with Gasteiger partial charge in [-0.25, -0.2) is 0 Å². The number of aliphatic hydroxyl groups excluding tert-OH is 1. The van der Waals surface area contributed by atoms with Crippen LogP contribution in [0.1, 0.15) is 64.5 Å². The van der Waals surface area contributed by atoms with Crippen LogP contribution in [0.2, 0.25) is 0 Å². The summed E-state index contributed by atoms with van der Waals surface area (Å²) in [6.45, 7) is 15.4. The Morgan fingerprint density at radius 3 is 2.39 bits per heavy atom. The summed E-state index contributed by atoms with van der Waals surface area (Å²) in [5.74, 6) is -3.38. The van der Waals surface area contributed by atoms with E-state index >= 15 is 0 Å². The first-order valence-electron chi connectivity index (χ1n) is 18.2. The van der Waals surface area contributed by atoms with E-state index in [1.165, 1.54) is 4.90 Å². The van der Waals surface area contributed by atoms with Crippen LogP contribution in [0.25, 0.3) is 0 Å². The van der Waals surface area contributed by atoms with E-state index in [4.69, 9.17) is 9.47 Å². The summed E-state index contributed by atoms with van der Waals surface area (Å²) in [6.07, 6.45) is 3.80. The smallest absolute Gasteiger partial charge is 0.313 e. The molecule has 0 radical (unpaired) electrons. The number of carbonyl (C=O) groups is 4. The van der Waals surface area contributed by atoms with Crippen LogP contribution in [0.3, 0.4) is 0 Å². The van der Waals surface area contributed by atoms with E-state index in [1.54, 1.807) is 24.0 Å². The second kappa shape index (κ2) is 16.7. The van der Waals surface area contributed by atoms with Gasteiger partial charge >= 0.3 is 5.97 Å². The molecule has 3 aliphatic heterocycles. The Bertz CT molecular complexity index is 1560. The van der Waals surface area contributed by atoms with E-state index in [0.717, 1.165) is 18.8 Å². The highest BCUT2D eigenvalue weighted by Gasteiger charge is 2.75. The largest absolute Gasteiger partial charge is 0.455 e. The first kappa shape index (κ1) is 37.8.